The second-order valence-corrected chi connectivity index (χ2v) is 14.6. The molecule has 5 heteroatoms. The Kier molecular flexibility index (Phi) is 12.5. The van der Waals surface area contributed by atoms with E-state index in [-0.39, 0.29) is 5.92 Å². The molecule has 1 atom stereocenters. The molecule has 9 rings (SSSR count). The van der Waals surface area contributed by atoms with E-state index in [9.17, 15) is 0 Å². The molecule has 0 aliphatic heterocycles. The van der Waals surface area contributed by atoms with Crippen molar-refractivity contribution in [3.63, 3.8) is 0 Å². The van der Waals surface area contributed by atoms with E-state index in [0.29, 0.717) is 23.2 Å². The van der Waals surface area contributed by atoms with Gasteiger partial charge in [-0.3, -0.25) is 0 Å². The van der Waals surface area contributed by atoms with Crippen LogP contribution in [-0.2, 0) is 0 Å². The van der Waals surface area contributed by atoms with Crippen molar-refractivity contribution in [2.45, 2.75) is 33.1 Å². The Balaban J connectivity index is 0.00000253. The first-order valence-electron chi connectivity index (χ1n) is 20.9. The summed E-state index contributed by atoms with van der Waals surface area (Å²) >= 11 is 0. The predicted octanol–water partition coefficient (Wildman–Crippen LogP) is 14.1. The Hall–Kier alpha value is -7.63. The van der Waals surface area contributed by atoms with E-state index in [0.717, 1.165) is 51.3 Å². The Bertz CT molecular complexity index is 2840. The maximum absolute atomic E-state index is 5.04. The van der Waals surface area contributed by atoms with Gasteiger partial charge in [0, 0.05) is 28.3 Å². The van der Waals surface area contributed by atoms with Crippen molar-refractivity contribution in [3.8, 4) is 33.9 Å². The van der Waals surface area contributed by atoms with Gasteiger partial charge >= 0.3 is 0 Å². The van der Waals surface area contributed by atoms with Gasteiger partial charge in [-0.1, -0.05) is 215 Å². The zero-order valence-corrected chi connectivity index (χ0v) is 34.8. The molecule has 0 radical (unpaired) electrons. The van der Waals surface area contributed by atoms with Crippen LogP contribution in [0.1, 0.15) is 61.2 Å². The number of amidine groups is 1. The van der Waals surface area contributed by atoms with E-state index >= 15 is 0 Å². The molecule has 0 saturated carbocycles. The van der Waals surface area contributed by atoms with Crippen LogP contribution in [0.5, 0.6) is 0 Å². The molecule has 0 N–H and O–H groups in total. The molecular formula is C56H47N5. The third-order valence-corrected chi connectivity index (χ3v) is 10.6. The number of aromatic nitrogens is 3. The van der Waals surface area contributed by atoms with Crippen LogP contribution in [0.2, 0.25) is 0 Å². The third kappa shape index (κ3) is 9.32. The van der Waals surface area contributed by atoms with Gasteiger partial charge < -0.3 is 0 Å². The highest BCUT2D eigenvalue weighted by Gasteiger charge is 2.19. The molecule has 1 aromatic heterocycles. The number of fused-ring (bicyclic) bond motifs is 1. The molecule has 7 aromatic carbocycles. The molecule has 5 nitrogen and oxygen atoms in total. The van der Waals surface area contributed by atoms with E-state index < -0.39 is 0 Å². The summed E-state index contributed by atoms with van der Waals surface area (Å²) in [6, 6.07) is 62.3. The SMILES string of the molecule is C=C(N=C(N=C(C)c1ccc(-c2cccc3ccc(C4=CCC(c5nc(-c6ccccc6)nc(-c6ccccc6)n5)C=C4)cc23)cc1)c1ccccc1)c1ccccc1.CC. The summed E-state index contributed by atoms with van der Waals surface area (Å²) in [5, 5.41) is 2.40. The third-order valence-electron chi connectivity index (χ3n) is 10.6. The molecule has 1 aliphatic carbocycles. The summed E-state index contributed by atoms with van der Waals surface area (Å²) in [4.78, 5) is 24.8. The van der Waals surface area contributed by atoms with Gasteiger partial charge in [-0.25, -0.2) is 24.9 Å². The first-order valence-corrected chi connectivity index (χ1v) is 20.9. The average molecular weight is 790 g/mol. The van der Waals surface area contributed by atoms with Crippen molar-refractivity contribution in [3.05, 3.63) is 235 Å². The normalized spacial score (nSPS) is 13.9. The summed E-state index contributed by atoms with van der Waals surface area (Å²) in [6.07, 6.45) is 7.54. The Morgan fingerprint density at radius 3 is 1.70 bits per heavy atom. The predicted molar refractivity (Wildman–Crippen MR) is 257 cm³/mol. The minimum Gasteiger partial charge on any atom is -0.233 e. The van der Waals surface area contributed by atoms with E-state index in [1.807, 2.05) is 142 Å². The van der Waals surface area contributed by atoms with Gasteiger partial charge in [0.1, 0.15) is 5.82 Å². The smallest absolute Gasteiger partial charge is 0.163 e. The quantitative estimate of drug-likeness (QED) is 0.108. The summed E-state index contributed by atoms with van der Waals surface area (Å²) < 4.78 is 0. The largest absolute Gasteiger partial charge is 0.233 e. The molecular weight excluding hydrogens is 743 g/mol. The van der Waals surface area contributed by atoms with Crippen LogP contribution in [-0.4, -0.2) is 26.5 Å². The zero-order chi connectivity index (χ0) is 42.0. The Morgan fingerprint density at radius 1 is 0.541 bits per heavy atom. The molecule has 0 amide bonds. The average Bonchev–Trinajstić information content (AvgIpc) is 3.35. The van der Waals surface area contributed by atoms with E-state index in [1.165, 1.54) is 27.5 Å². The highest BCUT2D eigenvalue weighted by molar-refractivity contribution is 6.13. The fourth-order valence-corrected chi connectivity index (χ4v) is 7.40. The summed E-state index contributed by atoms with van der Waals surface area (Å²) in [5.41, 5.74) is 11.1. The number of rotatable bonds is 9. The van der Waals surface area contributed by atoms with Crippen LogP contribution >= 0.6 is 0 Å². The number of benzene rings is 7. The minimum atomic E-state index is 0.0333. The van der Waals surface area contributed by atoms with Crippen LogP contribution in [0.3, 0.4) is 0 Å². The van der Waals surface area contributed by atoms with Gasteiger partial charge in [-0.05, 0) is 63.6 Å². The highest BCUT2D eigenvalue weighted by atomic mass is 15.0. The first-order chi connectivity index (χ1) is 30.1. The van der Waals surface area contributed by atoms with Gasteiger partial charge in [0.15, 0.2) is 17.5 Å². The van der Waals surface area contributed by atoms with Crippen LogP contribution in [0.4, 0.5) is 0 Å². The van der Waals surface area contributed by atoms with E-state index in [1.54, 1.807) is 0 Å². The zero-order valence-electron chi connectivity index (χ0n) is 34.8. The maximum atomic E-state index is 5.04. The number of aliphatic imine (C=N–C) groups is 2. The second kappa shape index (κ2) is 19.0. The minimum absolute atomic E-state index is 0.0333. The number of hydrogen-bond donors (Lipinski definition) is 0. The van der Waals surface area contributed by atoms with Crippen molar-refractivity contribution >= 4 is 33.6 Å². The van der Waals surface area contributed by atoms with Gasteiger partial charge in [0.25, 0.3) is 0 Å². The number of nitrogens with zero attached hydrogens (tertiary/aromatic N) is 5. The summed E-state index contributed by atoms with van der Waals surface area (Å²) in [6.45, 7) is 10.3. The summed E-state index contributed by atoms with van der Waals surface area (Å²) in [7, 11) is 0. The number of allylic oxidation sites excluding steroid dienone is 4. The van der Waals surface area contributed by atoms with Crippen molar-refractivity contribution < 1.29 is 0 Å². The van der Waals surface area contributed by atoms with Crippen molar-refractivity contribution in [1.29, 1.82) is 0 Å². The molecule has 1 unspecified atom stereocenters. The molecule has 296 valence electrons. The standard InChI is InChI=1S/C54H41N5.C2H6/c1-37(39-16-7-3-8-17-39)55-51(44-18-9-4-10-19-44)56-38(2)40-26-30-43(31-27-40)49-25-15-24-42-32-35-48(36-50(42)49)41-28-33-47(34-29-41)54-58-52(45-20-11-5-12-21-45)57-53(59-54)46-22-13-6-14-23-46;1-2/h3-33,35-36,47H,1,34H2,2H3;1-2H3. The van der Waals surface area contributed by atoms with Crippen molar-refractivity contribution in [2.24, 2.45) is 9.98 Å². The highest BCUT2D eigenvalue weighted by Crippen LogP contribution is 2.35. The maximum Gasteiger partial charge on any atom is 0.163 e. The molecule has 1 aliphatic rings. The Labute approximate surface area is 359 Å². The van der Waals surface area contributed by atoms with Crippen LogP contribution in [0.15, 0.2) is 217 Å². The fraction of sp³-hybridized carbons (Fsp3) is 0.0893. The monoisotopic (exact) mass is 789 g/mol. The van der Waals surface area contributed by atoms with Crippen LogP contribution in [0.25, 0.3) is 55.9 Å². The molecule has 0 saturated heterocycles. The number of hydrogen-bond acceptors (Lipinski definition) is 4. The lowest BCUT2D eigenvalue weighted by atomic mass is 9.90. The molecule has 0 spiro atoms. The molecule has 0 bridgehead atoms. The first kappa shape index (κ1) is 40.2. The van der Waals surface area contributed by atoms with Gasteiger partial charge in [0.2, 0.25) is 0 Å². The van der Waals surface area contributed by atoms with Gasteiger partial charge in [-0.2, -0.15) is 0 Å². The molecule has 61 heavy (non-hydrogen) atoms. The lowest BCUT2D eigenvalue weighted by Gasteiger charge is -2.17. The topological polar surface area (TPSA) is 63.4 Å². The van der Waals surface area contributed by atoms with E-state index in [2.05, 4.69) is 85.5 Å². The second-order valence-electron chi connectivity index (χ2n) is 14.6. The van der Waals surface area contributed by atoms with Crippen molar-refractivity contribution in [1.82, 2.24) is 15.0 Å². The lowest BCUT2D eigenvalue weighted by Crippen LogP contribution is -2.08. The molecule has 8 aromatic rings. The van der Waals surface area contributed by atoms with E-state index in [4.69, 9.17) is 24.9 Å². The van der Waals surface area contributed by atoms with Crippen LogP contribution in [0, 0.1) is 0 Å². The molecule has 1 heterocycles. The Morgan fingerprint density at radius 2 is 1.11 bits per heavy atom. The van der Waals surface area contributed by atoms with Crippen molar-refractivity contribution in [2.75, 3.05) is 0 Å². The summed E-state index contributed by atoms with van der Waals surface area (Å²) in [5.74, 6) is 2.81. The van der Waals surface area contributed by atoms with Gasteiger partial charge in [-0.15, -0.1) is 0 Å². The lowest BCUT2D eigenvalue weighted by molar-refractivity contribution is 0.766. The van der Waals surface area contributed by atoms with Gasteiger partial charge in [0.05, 0.1) is 5.70 Å². The molecule has 0 fully saturated rings. The fourth-order valence-electron chi connectivity index (χ4n) is 7.40. The van der Waals surface area contributed by atoms with Crippen LogP contribution < -0.4 is 0 Å².